The molecule has 9 heteroatoms. The first kappa shape index (κ1) is 18.2. The Morgan fingerprint density at radius 1 is 1.04 bits per heavy atom. The Morgan fingerprint density at radius 2 is 1.78 bits per heavy atom. The van der Waals surface area contributed by atoms with Crippen molar-refractivity contribution >= 4 is 11.8 Å². The minimum Gasteiger partial charge on any atom is -0.380 e. The van der Waals surface area contributed by atoms with Crippen molar-refractivity contribution in [3.05, 3.63) is 65.7 Å². The lowest BCUT2D eigenvalue weighted by atomic mass is 10.1. The van der Waals surface area contributed by atoms with Crippen molar-refractivity contribution in [3.63, 3.8) is 0 Å². The van der Waals surface area contributed by atoms with E-state index in [-0.39, 0.29) is 6.54 Å². The van der Waals surface area contributed by atoms with Crippen LogP contribution in [0.1, 0.15) is 15.9 Å². The Kier molecular flexibility index (Phi) is 5.85. The maximum atomic E-state index is 12.1. The summed E-state index contributed by atoms with van der Waals surface area (Å²) in [4.78, 5) is 25.2. The zero-order valence-electron chi connectivity index (χ0n) is 14.6. The number of aromatic nitrogens is 4. The standard InChI is InChI=1S/C18H18N6O3/c1-27-12-13-7-9-15(10-8-13)18(26)21-19-16(25)11-24-22-17(20-23-24)14-5-3-2-4-6-14/h2-10H,11-12H2,1H3,(H,19,25)(H,21,26). The minimum absolute atomic E-state index is 0.174. The van der Waals surface area contributed by atoms with E-state index in [1.54, 1.807) is 31.4 Å². The van der Waals surface area contributed by atoms with E-state index in [0.717, 1.165) is 15.9 Å². The molecule has 1 aromatic heterocycles. The number of nitrogens with one attached hydrogen (secondary N) is 2. The summed E-state index contributed by atoms with van der Waals surface area (Å²) >= 11 is 0. The van der Waals surface area contributed by atoms with Crippen LogP contribution >= 0.6 is 0 Å². The Balaban J connectivity index is 1.51. The summed E-state index contributed by atoms with van der Waals surface area (Å²) < 4.78 is 5.02. The lowest BCUT2D eigenvalue weighted by molar-refractivity contribution is -0.122. The van der Waals surface area contributed by atoms with E-state index >= 15 is 0 Å². The molecule has 3 aromatic rings. The van der Waals surface area contributed by atoms with Crippen LogP contribution in [0.3, 0.4) is 0 Å². The molecule has 0 saturated carbocycles. The number of hydrogen-bond acceptors (Lipinski definition) is 6. The second kappa shape index (κ2) is 8.68. The second-order valence-corrected chi connectivity index (χ2v) is 5.64. The van der Waals surface area contributed by atoms with Gasteiger partial charge in [0.05, 0.1) is 6.61 Å². The van der Waals surface area contributed by atoms with Gasteiger partial charge in [0.15, 0.2) is 0 Å². The number of benzene rings is 2. The summed E-state index contributed by atoms with van der Waals surface area (Å²) in [5.74, 6) is -0.483. The Labute approximate surface area is 155 Å². The van der Waals surface area contributed by atoms with Crippen LogP contribution in [0, 0.1) is 0 Å². The maximum Gasteiger partial charge on any atom is 0.269 e. The zero-order chi connectivity index (χ0) is 19.1. The molecule has 0 saturated heterocycles. The van der Waals surface area contributed by atoms with E-state index in [4.69, 9.17) is 4.74 Å². The highest BCUT2D eigenvalue weighted by molar-refractivity contribution is 5.95. The first-order valence-electron chi connectivity index (χ1n) is 8.16. The second-order valence-electron chi connectivity index (χ2n) is 5.64. The third-order valence-electron chi connectivity index (χ3n) is 3.61. The summed E-state index contributed by atoms with van der Waals surface area (Å²) in [7, 11) is 1.60. The van der Waals surface area contributed by atoms with Crippen molar-refractivity contribution in [1.29, 1.82) is 0 Å². The molecular weight excluding hydrogens is 348 g/mol. The van der Waals surface area contributed by atoms with Crippen molar-refractivity contribution in [2.24, 2.45) is 0 Å². The van der Waals surface area contributed by atoms with Crippen LogP contribution in [-0.2, 0) is 22.7 Å². The molecule has 0 aliphatic carbocycles. The van der Waals surface area contributed by atoms with Gasteiger partial charge in [-0.05, 0) is 22.9 Å². The minimum atomic E-state index is -0.476. The largest absolute Gasteiger partial charge is 0.380 e. The Hall–Kier alpha value is -3.59. The molecule has 2 amide bonds. The van der Waals surface area contributed by atoms with Gasteiger partial charge in [-0.1, -0.05) is 42.5 Å². The molecule has 0 atom stereocenters. The van der Waals surface area contributed by atoms with E-state index in [9.17, 15) is 9.59 Å². The van der Waals surface area contributed by atoms with Crippen LogP contribution in [0.4, 0.5) is 0 Å². The van der Waals surface area contributed by atoms with Gasteiger partial charge in [-0.25, -0.2) is 0 Å². The number of amides is 2. The van der Waals surface area contributed by atoms with Crippen LogP contribution < -0.4 is 10.9 Å². The van der Waals surface area contributed by atoms with Gasteiger partial charge in [0, 0.05) is 18.2 Å². The number of carbonyl (C=O) groups excluding carboxylic acids is 2. The number of carbonyl (C=O) groups is 2. The van der Waals surface area contributed by atoms with Crippen LogP contribution in [-0.4, -0.2) is 39.1 Å². The molecule has 0 bridgehead atoms. The number of methoxy groups -OCH3 is 1. The molecule has 1 heterocycles. The predicted octanol–water partition coefficient (Wildman–Crippen LogP) is 0.948. The molecule has 0 radical (unpaired) electrons. The maximum absolute atomic E-state index is 12.1. The van der Waals surface area contributed by atoms with Gasteiger partial charge in [0.2, 0.25) is 5.82 Å². The lowest BCUT2D eigenvalue weighted by Gasteiger charge is -2.07. The van der Waals surface area contributed by atoms with Gasteiger partial charge in [0.25, 0.3) is 11.8 Å². The SMILES string of the molecule is COCc1ccc(C(=O)NNC(=O)Cn2nnc(-c3ccccc3)n2)cc1. The molecule has 9 nitrogen and oxygen atoms in total. The van der Waals surface area contributed by atoms with Gasteiger partial charge in [-0.2, -0.15) is 4.80 Å². The van der Waals surface area contributed by atoms with Crippen LogP contribution in [0.5, 0.6) is 0 Å². The van der Waals surface area contributed by atoms with Gasteiger partial charge in [-0.3, -0.25) is 20.4 Å². The third kappa shape index (κ3) is 4.95. The molecule has 2 aromatic carbocycles. The topological polar surface area (TPSA) is 111 Å². The van der Waals surface area contributed by atoms with Gasteiger partial charge < -0.3 is 4.74 Å². The van der Waals surface area contributed by atoms with E-state index in [0.29, 0.717) is 18.0 Å². The van der Waals surface area contributed by atoms with Crippen molar-refractivity contribution in [2.75, 3.05) is 7.11 Å². The number of hydrazine groups is 1. The van der Waals surface area contributed by atoms with Crippen LogP contribution in [0.2, 0.25) is 0 Å². The molecule has 0 unspecified atom stereocenters. The highest BCUT2D eigenvalue weighted by Gasteiger charge is 2.11. The summed E-state index contributed by atoms with van der Waals surface area (Å²) in [6.07, 6.45) is 0. The molecular formula is C18H18N6O3. The van der Waals surface area contributed by atoms with E-state index in [1.807, 2.05) is 30.3 Å². The fraction of sp³-hybridized carbons (Fsp3) is 0.167. The summed E-state index contributed by atoms with van der Waals surface area (Å²) in [6.45, 7) is 0.293. The first-order valence-corrected chi connectivity index (χ1v) is 8.16. The normalized spacial score (nSPS) is 10.4. The summed E-state index contributed by atoms with van der Waals surface area (Å²) in [5.41, 5.74) is 6.84. The van der Waals surface area contributed by atoms with Crippen LogP contribution in [0.15, 0.2) is 54.6 Å². The molecule has 0 spiro atoms. The summed E-state index contributed by atoms with van der Waals surface area (Å²) in [6, 6.07) is 16.2. The third-order valence-corrected chi connectivity index (χ3v) is 3.61. The number of nitrogens with zero attached hydrogens (tertiary/aromatic N) is 4. The Morgan fingerprint density at radius 3 is 2.48 bits per heavy atom. The molecule has 0 aliphatic rings. The molecule has 0 fully saturated rings. The van der Waals surface area contributed by atoms with Crippen molar-refractivity contribution in [2.45, 2.75) is 13.2 Å². The lowest BCUT2D eigenvalue weighted by Crippen LogP contribution is -2.43. The average molecular weight is 366 g/mol. The molecule has 2 N–H and O–H groups in total. The van der Waals surface area contributed by atoms with Crippen molar-refractivity contribution in [3.8, 4) is 11.4 Å². The number of hydrogen-bond donors (Lipinski definition) is 2. The number of rotatable bonds is 6. The van der Waals surface area contributed by atoms with Crippen molar-refractivity contribution in [1.82, 2.24) is 31.1 Å². The molecule has 138 valence electrons. The van der Waals surface area contributed by atoms with Crippen LogP contribution in [0.25, 0.3) is 11.4 Å². The zero-order valence-corrected chi connectivity index (χ0v) is 14.6. The monoisotopic (exact) mass is 366 g/mol. The Bertz CT molecular complexity index is 908. The average Bonchev–Trinajstić information content (AvgIpc) is 3.16. The van der Waals surface area contributed by atoms with Gasteiger partial charge >= 0.3 is 0 Å². The van der Waals surface area contributed by atoms with Crippen molar-refractivity contribution < 1.29 is 14.3 Å². The fourth-order valence-corrected chi connectivity index (χ4v) is 2.30. The molecule has 27 heavy (non-hydrogen) atoms. The smallest absolute Gasteiger partial charge is 0.269 e. The first-order chi connectivity index (χ1) is 13.2. The molecule has 3 rings (SSSR count). The highest BCUT2D eigenvalue weighted by Crippen LogP contribution is 2.11. The number of tetrazole rings is 1. The van der Waals surface area contributed by atoms with Gasteiger partial charge in [0.1, 0.15) is 6.54 Å². The van der Waals surface area contributed by atoms with E-state index in [1.165, 1.54) is 0 Å². The summed E-state index contributed by atoms with van der Waals surface area (Å²) in [5, 5.41) is 11.9. The fourth-order valence-electron chi connectivity index (χ4n) is 2.30. The highest BCUT2D eigenvalue weighted by atomic mass is 16.5. The molecule has 0 aliphatic heterocycles. The number of ether oxygens (including phenoxy) is 1. The predicted molar refractivity (Wildman–Crippen MR) is 96.0 cm³/mol. The van der Waals surface area contributed by atoms with E-state index in [2.05, 4.69) is 26.3 Å². The quantitative estimate of drug-likeness (QED) is 0.628. The van der Waals surface area contributed by atoms with E-state index < -0.39 is 11.8 Å². The van der Waals surface area contributed by atoms with Gasteiger partial charge in [-0.15, -0.1) is 10.2 Å².